The molecule has 114 heavy (non-hydrogen) atoms. The Kier molecular flexibility index (Phi) is 17.9. The number of fused-ring (bicyclic) bond motifs is 16. The Morgan fingerprint density at radius 2 is 0.386 bits per heavy atom. The van der Waals surface area contributed by atoms with E-state index in [0.717, 1.165) is 173 Å². The van der Waals surface area contributed by atoms with E-state index in [2.05, 4.69) is 137 Å². The van der Waals surface area contributed by atoms with Gasteiger partial charge in [0, 0.05) is 104 Å². The van der Waals surface area contributed by atoms with E-state index in [0.29, 0.717) is 90.1 Å². The maximum absolute atomic E-state index is 7.80. The summed E-state index contributed by atoms with van der Waals surface area (Å²) in [7, 11) is 0. The molecule has 0 spiro atoms. The average molecular weight is 1510 g/mol. The SMILES string of the molecule is CCCCCCC1c2cc3c4cc2Oc2nc5ccccc5nc2Oc2cc5c(cc21)C(CCCCCC)c1cc2c(cc1Oc1nc6ccccc6nc1O5)Oc1nc5cc6c(cc5nc1Oc1cc(c(cc1C2CCCCCC)C3CCCCCC)Oc1nc2ccccc2nc1O4)C1c2ccccc2C6c2ccccc21. The molecule has 0 fully saturated rings. The van der Waals surface area contributed by atoms with Crippen LogP contribution in [0.25, 0.3) is 44.1 Å². The van der Waals surface area contributed by atoms with E-state index in [1.54, 1.807) is 0 Å². The van der Waals surface area contributed by atoms with Crippen LogP contribution in [0.5, 0.6) is 93.0 Å². The van der Waals surface area contributed by atoms with Gasteiger partial charge in [-0.3, -0.25) is 0 Å². The summed E-state index contributed by atoms with van der Waals surface area (Å²) in [5.41, 5.74) is 20.5. The molecule has 3 aliphatic carbocycles. The molecule has 10 aromatic carbocycles. The fourth-order valence-electron chi connectivity index (χ4n) is 19.2. The van der Waals surface area contributed by atoms with Gasteiger partial charge in [0.25, 0.3) is 47.0 Å². The number of aromatic nitrogens is 8. The molecule has 0 saturated heterocycles. The van der Waals surface area contributed by atoms with E-state index in [-0.39, 0.29) is 82.5 Å². The van der Waals surface area contributed by atoms with Crippen molar-refractivity contribution < 1.29 is 37.9 Å². The van der Waals surface area contributed by atoms with Gasteiger partial charge in [-0.15, -0.1) is 0 Å². The second kappa shape index (κ2) is 29.2. The van der Waals surface area contributed by atoms with Crippen molar-refractivity contribution in [3.63, 3.8) is 0 Å². The summed E-state index contributed by atoms with van der Waals surface area (Å²) in [6.45, 7) is 9.09. The van der Waals surface area contributed by atoms with Gasteiger partial charge in [-0.2, -0.15) is 0 Å². The van der Waals surface area contributed by atoms with Gasteiger partial charge < -0.3 is 37.9 Å². The summed E-state index contributed by atoms with van der Waals surface area (Å²) in [6, 6.07) is 63.9. The van der Waals surface area contributed by atoms with Crippen LogP contribution in [0.4, 0.5) is 0 Å². The molecule has 8 heterocycles. The van der Waals surface area contributed by atoms with Crippen molar-refractivity contribution in [3.05, 3.63) is 260 Å². The predicted octanol–water partition coefficient (Wildman–Crippen LogP) is 26.8. The third kappa shape index (κ3) is 12.2. The number of rotatable bonds is 20. The zero-order valence-electron chi connectivity index (χ0n) is 64.8. The maximum Gasteiger partial charge on any atom is 0.284 e. The zero-order chi connectivity index (χ0) is 76.1. The smallest absolute Gasteiger partial charge is 0.284 e. The molecule has 0 N–H and O–H groups in total. The Labute approximate surface area is 662 Å². The van der Waals surface area contributed by atoms with Crippen molar-refractivity contribution in [2.24, 2.45) is 0 Å². The molecular formula is C98H88N8O8. The van der Waals surface area contributed by atoms with Crippen LogP contribution in [0.15, 0.2) is 182 Å². The lowest BCUT2D eigenvalue weighted by Gasteiger charge is -2.42. The van der Waals surface area contributed by atoms with E-state index < -0.39 is 0 Å². The van der Waals surface area contributed by atoms with E-state index in [9.17, 15) is 0 Å². The van der Waals surface area contributed by atoms with Gasteiger partial charge in [0.15, 0.2) is 0 Å². The molecule has 2 atom stereocenters. The monoisotopic (exact) mass is 1500 g/mol. The van der Waals surface area contributed by atoms with Crippen LogP contribution in [0.3, 0.4) is 0 Å². The minimum absolute atomic E-state index is 0.00807. The number of unbranched alkanes of at least 4 members (excludes halogenated alkanes) is 12. The Balaban J connectivity index is 0.903. The van der Waals surface area contributed by atoms with E-state index in [1.807, 2.05) is 72.8 Å². The molecule has 14 aromatic rings. The van der Waals surface area contributed by atoms with Crippen molar-refractivity contribution in [3.8, 4) is 93.0 Å². The molecule has 2 unspecified atom stereocenters. The second-order valence-corrected chi connectivity index (χ2v) is 32.0. The number of hydrogen-bond acceptors (Lipinski definition) is 16. The van der Waals surface area contributed by atoms with Crippen molar-refractivity contribution in [2.45, 2.75) is 192 Å². The van der Waals surface area contributed by atoms with E-state index in [1.165, 1.54) is 33.4 Å². The number of hydrogen-bond donors (Lipinski definition) is 0. The van der Waals surface area contributed by atoms with Crippen molar-refractivity contribution in [2.75, 3.05) is 0 Å². The molecule has 16 heteroatoms. The molecule has 0 saturated carbocycles. The normalized spacial score (nSPS) is 17.7. The van der Waals surface area contributed by atoms with Gasteiger partial charge in [-0.25, -0.2) is 39.9 Å². The Hall–Kier alpha value is -12.0. The first kappa shape index (κ1) is 69.9. The first-order valence-corrected chi connectivity index (χ1v) is 41.8. The largest absolute Gasteiger partial charge is 0.434 e. The topological polar surface area (TPSA) is 177 Å². The highest BCUT2D eigenvalue weighted by Crippen LogP contribution is 2.61. The van der Waals surface area contributed by atoms with Crippen LogP contribution in [-0.2, 0) is 0 Å². The fourth-order valence-corrected chi connectivity index (χ4v) is 19.2. The average Bonchev–Trinajstić information content (AvgIpc) is 0.713. The number of benzene rings is 10. The van der Waals surface area contributed by atoms with Crippen molar-refractivity contribution >= 4 is 44.1 Å². The number of para-hydroxylation sites is 6. The molecule has 0 radical (unpaired) electrons. The van der Waals surface area contributed by atoms with Crippen molar-refractivity contribution in [1.29, 1.82) is 0 Å². The molecule has 0 amide bonds. The van der Waals surface area contributed by atoms with E-state index >= 15 is 0 Å². The van der Waals surface area contributed by atoms with Gasteiger partial charge >= 0.3 is 0 Å². The highest BCUT2D eigenvalue weighted by Gasteiger charge is 2.44. The van der Waals surface area contributed by atoms with Crippen LogP contribution >= 0.6 is 0 Å². The number of nitrogens with zero attached hydrogens (tertiary/aromatic N) is 8. The minimum Gasteiger partial charge on any atom is -0.434 e. The standard InChI is InChI=1S/C98H88N8O8/c1-5-9-13-17-31-55-63-45-65-56(32-18-14-10-6-2)67-47-69-58(34-20-16-12-8-4)70-48-68-57(33-19-15-11-7-3)66-46-64(55)82-52-84(66)110-94-96(104-78-44-30-28-42-76(78)102-94)112-86(68)54-88(70)114-98-97(105-79-49-71-72(50-80(79)106-98)90-61-37-23-21-35-59(61)89(71)60-36-22-24-38-62(60)90)113-87(69)53-85(67)111-95-93(101-75-41-27-29-43-77(75)103-95)109-83(65)51-81(63)107-91-92(108-82)100-74-40-26-25-39-73(74)99-91/h21-30,35-58,89-90H,5-20,31-34H2,1-4H3. The van der Waals surface area contributed by atoms with Crippen LogP contribution in [0.2, 0.25) is 0 Å². The zero-order valence-corrected chi connectivity index (χ0v) is 64.8. The lowest BCUT2D eigenvalue weighted by molar-refractivity contribution is 0.377. The molecule has 4 aliphatic heterocycles. The molecular weight excluding hydrogens is 1420 g/mol. The summed E-state index contributed by atoms with van der Waals surface area (Å²) in [6.07, 6.45) is 19.0. The third-order valence-electron chi connectivity index (χ3n) is 24.8. The first-order chi connectivity index (χ1) is 56.3. The first-order valence-electron chi connectivity index (χ1n) is 41.8. The summed E-state index contributed by atoms with van der Waals surface area (Å²) >= 11 is 0. The summed E-state index contributed by atoms with van der Waals surface area (Å²) in [4.78, 5) is 43.4. The molecule has 7 aliphatic rings. The van der Waals surface area contributed by atoms with Crippen molar-refractivity contribution in [1.82, 2.24) is 39.9 Å². The van der Waals surface area contributed by atoms with E-state index in [4.69, 9.17) is 77.8 Å². The van der Waals surface area contributed by atoms with Gasteiger partial charge in [0.2, 0.25) is 0 Å². The minimum atomic E-state index is -0.382. The van der Waals surface area contributed by atoms with Gasteiger partial charge in [-0.05, 0) is 132 Å². The molecule has 21 rings (SSSR count). The number of ether oxygens (including phenoxy) is 8. The molecule has 4 aromatic heterocycles. The third-order valence-corrected chi connectivity index (χ3v) is 24.8. The summed E-state index contributed by atoms with van der Waals surface area (Å²) in [5.74, 6) is 4.42. The highest BCUT2D eigenvalue weighted by molar-refractivity contribution is 5.84. The van der Waals surface area contributed by atoms with Gasteiger partial charge in [-0.1, -0.05) is 215 Å². The summed E-state index contributed by atoms with van der Waals surface area (Å²) in [5, 5.41) is 0. The summed E-state index contributed by atoms with van der Waals surface area (Å²) < 4.78 is 61.1. The highest BCUT2D eigenvalue weighted by atomic mass is 16.6. The second-order valence-electron chi connectivity index (χ2n) is 32.0. The molecule has 568 valence electrons. The Morgan fingerprint density at radius 1 is 0.193 bits per heavy atom. The van der Waals surface area contributed by atoms with Crippen LogP contribution < -0.4 is 37.9 Å². The molecule has 16 nitrogen and oxygen atoms in total. The molecule has 2 bridgehead atoms. The predicted molar refractivity (Wildman–Crippen MR) is 442 cm³/mol. The van der Waals surface area contributed by atoms with Gasteiger partial charge in [0.05, 0.1) is 44.1 Å². The van der Waals surface area contributed by atoms with Crippen LogP contribution in [0.1, 0.15) is 270 Å². The van der Waals surface area contributed by atoms with Crippen LogP contribution in [-0.4, -0.2) is 39.9 Å². The lowest BCUT2D eigenvalue weighted by atomic mass is 9.61. The fraction of sp³-hybridized carbons (Fsp3) is 0.306. The Morgan fingerprint density at radius 3 is 0.588 bits per heavy atom. The maximum atomic E-state index is 7.80. The Bertz CT molecular complexity index is 5800. The lowest BCUT2D eigenvalue weighted by Crippen LogP contribution is -2.27. The quantitative estimate of drug-likeness (QED) is 0.0658. The van der Waals surface area contributed by atoms with Crippen LogP contribution in [0, 0.1) is 0 Å². The van der Waals surface area contributed by atoms with Gasteiger partial charge in [0.1, 0.15) is 46.0 Å².